The largest absolute Gasteiger partial charge is 0.481 e. The van der Waals surface area contributed by atoms with Crippen LogP contribution in [0.3, 0.4) is 0 Å². The number of benzene rings is 1. The molecule has 8 nitrogen and oxygen atoms in total. The second-order valence-corrected chi connectivity index (χ2v) is 5.31. The van der Waals surface area contributed by atoms with Crippen LogP contribution >= 0.6 is 0 Å². The second-order valence-electron chi connectivity index (χ2n) is 5.31. The van der Waals surface area contributed by atoms with Crippen molar-refractivity contribution in [3.05, 3.63) is 46.2 Å². The Bertz CT molecular complexity index is 696. The van der Waals surface area contributed by atoms with Crippen molar-refractivity contribution in [3.8, 4) is 5.75 Å². The molecule has 24 heavy (non-hydrogen) atoms. The lowest BCUT2D eigenvalue weighted by atomic mass is 10.1. The molecule has 1 N–H and O–H groups in total. The third kappa shape index (κ3) is 4.80. The maximum Gasteiger partial charge on any atom is 0.269 e. The van der Waals surface area contributed by atoms with Crippen LogP contribution in [0.4, 0.5) is 11.5 Å². The van der Waals surface area contributed by atoms with Gasteiger partial charge in [-0.25, -0.2) is 0 Å². The van der Waals surface area contributed by atoms with Gasteiger partial charge in [0, 0.05) is 18.2 Å². The molecule has 1 aromatic carbocycles. The van der Waals surface area contributed by atoms with E-state index in [1.807, 2.05) is 6.92 Å². The van der Waals surface area contributed by atoms with Crippen molar-refractivity contribution in [3.63, 3.8) is 0 Å². The monoisotopic (exact) mass is 333 g/mol. The van der Waals surface area contributed by atoms with Gasteiger partial charge in [-0.2, -0.15) is 0 Å². The fourth-order valence-electron chi connectivity index (χ4n) is 2.08. The molecule has 0 saturated carbocycles. The predicted octanol–water partition coefficient (Wildman–Crippen LogP) is 3.47. The molecule has 0 radical (unpaired) electrons. The summed E-state index contributed by atoms with van der Waals surface area (Å²) in [7, 11) is 0. The highest BCUT2D eigenvalue weighted by molar-refractivity contribution is 5.93. The highest BCUT2D eigenvalue weighted by atomic mass is 16.6. The Morgan fingerprint density at radius 2 is 2.12 bits per heavy atom. The molecule has 1 aromatic heterocycles. The van der Waals surface area contributed by atoms with Gasteiger partial charge < -0.3 is 14.6 Å². The molecule has 0 aliphatic rings. The molecule has 2 aromatic rings. The number of rotatable bonds is 8. The minimum atomic E-state index is -0.719. The van der Waals surface area contributed by atoms with Crippen LogP contribution in [-0.2, 0) is 4.79 Å². The van der Waals surface area contributed by atoms with Crippen LogP contribution in [-0.4, -0.2) is 22.1 Å². The zero-order valence-corrected chi connectivity index (χ0v) is 13.5. The number of nitrogens with one attached hydrogen (secondary N) is 1. The third-order valence-electron chi connectivity index (χ3n) is 3.32. The summed E-state index contributed by atoms with van der Waals surface area (Å²) in [6, 6.07) is 7.24. The summed E-state index contributed by atoms with van der Waals surface area (Å²) >= 11 is 0. The van der Waals surface area contributed by atoms with Crippen molar-refractivity contribution in [2.24, 2.45) is 0 Å². The number of nitro groups is 1. The Hall–Kier alpha value is -2.90. The van der Waals surface area contributed by atoms with Gasteiger partial charge in [-0.3, -0.25) is 14.9 Å². The lowest BCUT2D eigenvalue weighted by Gasteiger charge is -2.17. The minimum Gasteiger partial charge on any atom is -0.481 e. The number of ether oxygens (including phenoxy) is 1. The SMILES string of the molecule is CCCCC(Oc1ccc([N+](=O)[O-])cc1)C(=O)Nc1cc(C)on1. The van der Waals surface area contributed by atoms with E-state index in [1.54, 1.807) is 13.0 Å². The third-order valence-corrected chi connectivity index (χ3v) is 3.32. The number of hydrogen-bond acceptors (Lipinski definition) is 6. The number of anilines is 1. The second kappa shape index (κ2) is 8.09. The molecule has 1 heterocycles. The van der Waals surface area contributed by atoms with E-state index < -0.39 is 11.0 Å². The number of amides is 1. The average Bonchev–Trinajstić information content (AvgIpc) is 2.96. The van der Waals surface area contributed by atoms with Gasteiger partial charge in [0.15, 0.2) is 11.9 Å². The number of aromatic nitrogens is 1. The molecule has 0 saturated heterocycles. The van der Waals surface area contributed by atoms with Gasteiger partial charge in [0.05, 0.1) is 4.92 Å². The normalized spacial score (nSPS) is 11.8. The number of unbranched alkanes of at least 4 members (excludes halogenated alkanes) is 1. The first kappa shape index (κ1) is 17.5. The van der Waals surface area contributed by atoms with Crippen LogP contribution < -0.4 is 10.1 Å². The molecular weight excluding hydrogens is 314 g/mol. The number of nitro benzene ring substituents is 1. The lowest BCUT2D eigenvalue weighted by molar-refractivity contribution is -0.384. The highest BCUT2D eigenvalue weighted by Gasteiger charge is 2.21. The zero-order valence-electron chi connectivity index (χ0n) is 13.5. The first-order valence-corrected chi connectivity index (χ1v) is 7.65. The standard InChI is InChI=1S/C16H19N3O5/c1-3-4-5-14(16(20)17-15-10-11(2)24-18-15)23-13-8-6-12(7-9-13)19(21)22/h6-10,14H,3-5H2,1-2H3,(H,17,18,20). The first-order chi connectivity index (χ1) is 11.5. The molecule has 2 rings (SSSR count). The van der Waals surface area contributed by atoms with E-state index in [0.717, 1.165) is 12.8 Å². The first-order valence-electron chi connectivity index (χ1n) is 7.65. The van der Waals surface area contributed by atoms with E-state index in [2.05, 4.69) is 10.5 Å². The smallest absolute Gasteiger partial charge is 0.269 e. The highest BCUT2D eigenvalue weighted by Crippen LogP contribution is 2.20. The summed E-state index contributed by atoms with van der Waals surface area (Å²) in [4.78, 5) is 22.6. The molecule has 1 unspecified atom stereocenters. The van der Waals surface area contributed by atoms with E-state index in [1.165, 1.54) is 24.3 Å². The average molecular weight is 333 g/mol. The number of aryl methyl sites for hydroxylation is 1. The quantitative estimate of drug-likeness (QED) is 0.585. The van der Waals surface area contributed by atoms with Crippen molar-refractivity contribution in [2.45, 2.75) is 39.2 Å². The number of hydrogen-bond donors (Lipinski definition) is 1. The van der Waals surface area contributed by atoms with E-state index in [9.17, 15) is 14.9 Å². The molecule has 0 aliphatic heterocycles. The van der Waals surface area contributed by atoms with E-state index in [0.29, 0.717) is 23.7 Å². The number of carbonyl (C=O) groups is 1. The summed E-state index contributed by atoms with van der Waals surface area (Å²) in [6.07, 6.45) is 1.53. The fraction of sp³-hybridized carbons (Fsp3) is 0.375. The van der Waals surface area contributed by atoms with Crippen molar-refractivity contribution in [2.75, 3.05) is 5.32 Å². The Morgan fingerprint density at radius 3 is 2.67 bits per heavy atom. The maximum absolute atomic E-state index is 12.4. The van der Waals surface area contributed by atoms with Crippen LogP contribution in [0.1, 0.15) is 31.9 Å². The summed E-state index contributed by atoms with van der Waals surface area (Å²) < 4.78 is 10.6. The Labute approximate surface area is 138 Å². The summed E-state index contributed by atoms with van der Waals surface area (Å²) in [6.45, 7) is 3.74. The number of non-ortho nitro benzene ring substituents is 1. The van der Waals surface area contributed by atoms with Gasteiger partial charge in [-0.05, 0) is 31.9 Å². The zero-order chi connectivity index (χ0) is 17.5. The molecular formula is C16H19N3O5. The lowest BCUT2D eigenvalue weighted by Crippen LogP contribution is -2.33. The van der Waals surface area contributed by atoms with Crippen molar-refractivity contribution < 1.29 is 19.0 Å². The van der Waals surface area contributed by atoms with Gasteiger partial charge in [0.2, 0.25) is 0 Å². The van der Waals surface area contributed by atoms with Gasteiger partial charge in [-0.15, -0.1) is 0 Å². The van der Waals surface area contributed by atoms with Crippen molar-refractivity contribution in [1.82, 2.24) is 5.16 Å². The summed E-state index contributed by atoms with van der Waals surface area (Å²) in [5.41, 5.74) is -0.0324. The molecule has 1 amide bonds. The molecule has 0 aliphatic carbocycles. The summed E-state index contributed by atoms with van der Waals surface area (Å²) in [5.74, 6) is 0.973. The summed E-state index contributed by atoms with van der Waals surface area (Å²) in [5, 5.41) is 17.0. The molecule has 8 heteroatoms. The molecule has 0 bridgehead atoms. The Morgan fingerprint density at radius 1 is 1.42 bits per heavy atom. The van der Waals surface area contributed by atoms with Crippen molar-refractivity contribution >= 4 is 17.4 Å². The van der Waals surface area contributed by atoms with Gasteiger partial charge in [-0.1, -0.05) is 18.5 Å². The Kier molecular flexibility index (Phi) is 5.89. The van der Waals surface area contributed by atoms with Crippen LogP contribution in [0, 0.1) is 17.0 Å². The predicted molar refractivity (Wildman–Crippen MR) is 86.9 cm³/mol. The minimum absolute atomic E-state index is 0.0324. The van der Waals surface area contributed by atoms with Crippen molar-refractivity contribution in [1.29, 1.82) is 0 Å². The Balaban J connectivity index is 2.06. The fourth-order valence-corrected chi connectivity index (χ4v) is 2.08. The number of nitrogens with zero attached hydrogens (tertiary/aromatic N) is 2. The van der Waals surface area contributed by atoms with E-state index in [4.69, 9.17) is 9.26 Å². The molecule has 128 valence electrons. The topological polar surface area (TPSA) is 108 Å². The maximum atomic E-state index is 12.4. The van der Waals surface area contributed by atoms with E-state index in [-0.39, 0.29) is 11.6 Å². The van der Waals surface area contributed by atoms with Crippen LogP contribution in [0.25, 0.3) is 0 Å². The molecule has 0 spiro atoms. The number of carbonyl (C=O) groups excluding carboxylic acids is 1. The molecule has 0 fully saturated rings. The van der Waals surface area contributed by atoms with Crippen LogP contribution in [0.2, 0.25) is 0 Å². The van der Waals surface area contributed by atoms with Gasteiger partial charge >= 0.3 is 0 Å². The molecule has 1 atom stereocenters. The van der Waals surface area contributed by atoms with Gasteiger partial charge in [0.25, 0.3) is 11.6 Å². The van der Waals surface area contributed by atoms with Crippen LogP contribution in [0.15, 0.2) is 34.9 Å². The van der Waals surface area contributed by atoms with Crippen LogP contribution in [0.5, 0.6) is 5.75 Å². The van der Waals surface area contributed by atoms with E-state index >= 15 is 0 Å². The van der Waals surface area contributed by atoms with Gasteiger partial charge in [0.1, 0.15) is 11.5 Å².